The largest absolute Gasteiger partial charge is 0.483 e. The third kappa shape index (κ3) is 3.90. The molecule has 1 N–H and O–H groups in total. The SMILES string of the molecule is CN1CCC2(CCN(Cc3ccc(F)c(F)c3)CC2)C1=O.O=CO. The van der Waals surface area contributed by atoms with Crippen LogP contribution in [0.25, 0.3) is 0 Å². The zero-order valence-electron chi connectivity index (χ0n) is 13.7. The third-order valence-electron chi connectivity index (χ3n) is 4.93. The van der Waals surface area contributed by atoms with Gasteiger partial charge in [0.2, 0.25) is 5.91 Å². The van der Waals surface area contributed by atoms with Crippen LogP contribution in [0.1, 0.15) is 24.8 Å². The number of carbonyl (C=O) groups excluding carboxylic acids is 1. The van der Waals surface area contributed by atoms with Crippen molar-refractivity contribution in [2.45, 2.75) is 25.8 Å². The van der Waals surface area contributed by atoms with Crippen LogP contribution < -0.4 is 0 Å². The number of amides is 1. The quantitative estimate of drug-likeness (QED) is 0.838. The minimum absolute atomic E-state index is 0.167. The Kier molecular flexibility index (Phi) is 5.88. The van der Waals surface area contributed by atoms with Crippen molar-refractivity contribution in [3.63, 3.8) is 0 Å². The molecule has 24 heavy (non-hydrogen) atoms. The summed E-state index contributed by atoms with van der Waals surface area (Å²) in [4.78, 5) is 24.6. The van der Waals surface area contributed by atoms with Crippen molar-refractivity contribution in [3.05, 3.63) is 35.4 Å². The lowest BCUT2D eigenvalue weighted by Gasteiger charge is -2.37. The van der Waals surface area contributed by atoms with E-state index in [2.05, 4.69) is 4.90 Å². The lowest BCUT2D eigenvalue weighted by Crippen LogP contribution is -2.43. The highest BCUT2D eigenvalue weighted by Gasteiger charge is 2.46. The zero-order valence-corrected chi connectivity index (χ0v) is 13.7. The summed E-state index contributed by atoms with van der Waals surface area (Å²) in [5, 5.41) is 6.89. The van der Waals surface area contributed by atoms with E-state index in [1.54, 1.807) is 6.07 Å². The number of likely N-dealkylation sites (tertiary alicyclic amines) is 2. The van der Waals surface area contributed by atoms with Gasteiger partial charge in [0.05, 0.1) is 5.41 Å². The van der Waals surface area contributed by atoms with Crippen LogP contribution in [0.5, 0.6) is 0 Å². The van der Waals surface area contributed by atoms with Gasteiger partial charge in [0.25, 0.3) is 6.47 Å². The second kappa shape index (κ2) is 7.70. The van der Waals surface area contributed by atoms with Crippen LogP contribution in [-0.4, -0.2) is 54.0 Å². The van der Waals surface area contributed by atoms with Gasteiger partial charge in [0.15, 0.2) is 11.6 Å². The topological polar surface area (TPSA) is 60.9 Å². The molecule has 1 spiro atoms. The van der Waals surface area contributed by atoms with Gasteiger partial charge in [-0.25, -0.2) is 8.78 Å². The first-order valence-corrected chi connectivity index (χ1v) is 7.91. The van der Waals surface area contributed by atoms with Crippen molar-refractivity contribution >= 4 is 12.4 Å². The molecule has 2 aliphatic heterocycles. The number of hydrogen-bond donors (Lipinski definition) is 1. The van der Waals surface area contributed by atoms with Crippen molar-refractivity contribution in [2.24, 2.45) is 5.41 Å². The second-order valence-corrected chi connectivity index (χ2v) is 6.39. The van der Waals surface area contributed by atoms with Crippen LogP contribution in [0.4, 0.5) is 8.78 Å². The number of halogens is 2. The summed E-state index contributed by atoms with van der Waals surface area (Å²) in [7, 11) is 1.87. The maximum Gasteiger partial charge on any atom is 0.290 e. The smallest absolute Gasteiger partial charge is 0.290 e. The van der Waals surface area contributed by atoms with Gasteiger partial charge in [-0.1, -0.05) is 6.07 Å². The molecule has 0 atom stereocenters. The fraction of sp³-hybridized carbons (Fsp3) is 0.529. The summed E-state index contributed by atoms with van der Waals surface area (Å²) < 4.78 is 26.2. The third-order valence-corrected chi connectivity index (χ3v) is 4.93. The number of benzene rings is 1. The molecule has 1 aromatic carbocycles. The molecule has 2 aliphatic rings. The molecule has 0 radical (unpaired) electrons. The van der Waals surface area contributed by atoms with E-state index >= 15 is 0 Å². The first kappa shape index (κ1) is 18.3. The Morgan fingerprint density at radius 1 is 1.17 bits per heavy atom. The minimum atomic E-state index is -0.809. The molecule has 5 nitrogen and oxygen atoms in total. The normalized spacial score (nSPS) is 20.0. The van der Waals surface area contributed by atoms with Crippen LogP contribution in [0.3, 0.4) is 0 Å². The van der Waals surface area contributed by atoms with Crippen LogP contribution in [0.2, 0.25) is 0 Å². The predicted molar refractivity (Wildman–Crippen MR) is 84.2 cm³/mol. The fourth-order valence-electron chi connectivity index (χ4n) is 3.49. The number of carboxylic acid groups (broad SMARTS) is 1. The number of carbonyl (C=O) groups is 2. The average Bonchev–Trinajstić information content (AvgIpc) is 2.83. The maximum absolute atomic E-state index is 13.2. The average molecular weight is 340 g/mol. The summed E-state index contributed by atoms with van der Waals surface area (Å²) in [5.74, 6) is -1.33. The maximum atomic E-state index is 13.2. The lowest BCUT2D eigenvalue weighted by atomic mass is 9.77. The first-order valence-electron chi connectivity index (χ1n) is 7.91. The molecule has 0 saturated carbocycles. The van der Waals surface area contributed by atoms with Crippen LogP contribution in [0.15, 0.2) is 18.2 Å². The van der Waals surface area contributed by atoms with Crippen LogP contribution in [-0.2, 0) is 16.1 Å². The van der Waals surface area contributed by atoms with Crippen LogP contribution in [0, 0.1) is 17.0 Å². The molecule has 2 fully saturated rings. The Balaban J connectivity index is 0.000000647. The van der Waals surface area contributed by atoms with Gasteiger partial charge in [-0.3, -0.25) is 14.5 Å². The Morgan fingerprint density at radius 3 is 2.25 bits per heavy atom. The Hall–Kier alpha value is -2.02. The van der Waals surface area contributed by atoms with E-state index in [0.29, 0.717) is 6.54 Å². The van der Waals surface area contributed by atoms with Gasteiger partial charge in [-0.15, -0.1) is 0 Å². The molecule has 2 heterocycles. The van der Waals surface area contributed by atoms with E-state index < -0.39 is 11.6 Å². The highest BCUT2D eigenvalue weighted by atomic mass is 19.2. The molecule has 0 aromatic heterocycles. The summed E-state index contributed by atoms with van der Waals surface area (Å²) in [6, 6.07) is 4.05. The molecule has 1 amide bonds. The molecule has 3 rings (SSSR count). The van der Waals surface area contributed by atoms with Gasteiger partial charge < -0.3 is 10.0 Å². The van der Waals surface area contributed by atoms with Gasteiger partial charge in [-0.05, 0) is 50.0 Å². The minimum Gasteiger partial charge on any atom is -0.483 e. The fourth-order valence-corrected chi connectivity index (χ4v) is 3.49. The molecule has 132 valence electrons. The van der Waals surface area contributed by atoms with Crippen molar-refractivity contribution in [2.75, 3.05) is 26.7 Å². The molecule has 7 heteroatoms. The Labute approximate surface area is 139 Å². The van der Waals surface area contributed by atoms with E-state index in [-0.39, 0.29) is 17.8 Å². The summed E-state index contributed by atoms with van der Waals surface area (Å²) in [6.45, 7) is 2.87. The highest BCUT2D eigenvalue weighted by molar-refractivity contribution is 5.84. The summed E-state index contributed by atoms with van der Waals surface area (Å²) in [6.07, 6.45) is 2.67. The van der Waals surface area contributed by atoms with Crippen molar-refractivity contribution < 1.29 is 23.5 Å². The molecule has 0 bridgehead atoms. The molecule has 2 saturated heterocycles. The van der Waals surface area contributed by atoms with Crippen LogP contribution >= 0.6 is 0 Å². The molecule has 0 aliphatic carbocycles. The van der Waals surface area contributed by atoms with Crippen molar-refractivity contribution in [1.82, 2.24) is 9.80 Å². The summed E-state index contributed by atoms with van der Waals surface area (Å²) in [5.41, 5.74) is 0.610. The number of nitrogens with zero attached hydrogens (tertiary/aromatic N) is 2. The molecule has 1 aromatic rings. The van der Waals surface area contributed by atoms with E-state index in [4.69, 9.17) is 9.90 Å². The lowest BCUT2D eigenvalue weighted by molar-refractivity contribution is -0.137. The standard InChI is InChI=1S/C16H20F2N2O.CH2O2/c1-19-7-4-16(15(19)21)5-8-20(9-6-16)11-12-2-3-13(17)14(18)10-12;2-1-3/h2-3,10H,4-9,11H2,1H3;1H,(H,2,3). The van der Waals surface area contributed by atoms with E-state index in [9.17, 15) is 13.6 Å². The zero-order chi connectivity index (χ0) is 17.7. The van der Waals surface area contributed by atoms with E-state index in [1.165, 1.54) is 12.1 Å². The highest BCUT2D eigenvalue weighted by Crippen LogP contribution is 2.41. The predicted octanol–water partition coefficient (Wildman–Crippen LogP) is 2.11. The molecular weight excluding hydrogens is 318 g/mol. The van der Waals surface area contributed by atoms with Gasteiger partial charge >= 0.3 is 0 Å². The van der Waals surface area contributed by atoms with Gasteiger partial charge in [-0.2, -0.15) is 0 Å². The number of rotatable bonds is 2. The monoisotopic (exact) mass is 340 g/mol. The Bertz CT molecular complexity index is 601. The Morgan fingerprint density at radius 2 is 1.75 bits per heavy atom. The first-order chi connectivity index (χ1) is 11.4. The van der Waals surface area contributed by atoms with Gasteiger partial charge in [0.1, 0.15) is 0 Å². The van der Waals surface area contributed by atoms with Crippen molar-refractivity contribution in [3.8, 4) is 0 Å². The van der Waals surface area contributed by atoms with Crippen molar-refractivity contribution in [1.29, 1.82) is 0 Å². The van der Waals surface area contributed by atoms with E-state index in [0.717, 1.165) is 44.5 Å². The number of piperidine rings is 1. The molecule has 0 unspecified atom stereocenters. The number of hydrogen-bond acceptors (Lipinski definition) is 3. The molecular formula is C17H22F2N2O3. The second-order valence-electron chi connectivity index (χ2n) is 6.39. The van der Waals surface area contributed by atoms with Gasteiger partial charge in [0, 0.05) is 20.1 Å². The van der Waals surface area contributed by atoms with E-state index in [1.807, 2.05) is 11.9 Å². The summed E-state index contributed by atoms with van der Waals surface area (Å²) >= 11 is 0.